The fourth-order valence-corrected chi connectivity index (χ4v) is 3.87. The van der Waals surface area contributed by atoms with Crippen LogP contribution >= 0.6 is 0 Å². The Morgan fingerprint density at radius 2 is 1.52 bits per heavy atom. The minimum Gasteiger partial charge on any atom is -0.496 e. The second-order valence-electron chi connectivity index (χ2n) is 9.34. The van der Waals surface area contributed by atoms with Gasteiger partial charge in [-0.2, -0.15) is 0 Å². The Morgan fingerprint density at radius 3 is 2.09 bits per heavy atom. The zero-order valence-corrected chi connectivity index (χ0v) is 20.2. The van der Waals surface area contributed by atoms with Gasteiger partial charge in [-0.3, -0.25) is 5.32 Å². The van der Waals surface area contributed by atoms with Gasteiger partial charge in [-0.25, -0.2) is 9.18 Å². The molecule has 0 spiro atoms. The Labute approximate surface area is 195 Å². The molecule has 0 aliphatic rings. The Kier molecular flexibility index (Phi) is 7.42. The summed E-state index contributed by atoms with van der Waals surface area (Å²) in [5.41, 5.74) is 6.81. The standard InChI is InChI=1S/C28H32FNO3/c1-18-13-24(30-27(31)33-28(3,4)5)14-19(2)25(18)17-21-9-12-26(32-6)22(16-21)15-20-7-10-23(29)11-8-20/h7-14,16H,15,17H2,1-6H3,(H,30,31). The van der Waals surface area contributed by atoms with E-state index in [9.17, 15) is 9.18 Å². The Balaban J connectivity index is 1.81. The number of hydrogen-bond acceptors (Lipinski definition) is 3. The summed E-state index contributed by atoms with van der Waals surface area (Å²) in [6.07, 6.45) is 0.952. The van der Waals surface area contributed by atoms with Crippen LogP contribution in [0.1, 0.15) is 54.2 Å². The molecule has 0 aliphatic carbocycles. The van der Waals surface area contributed by atoms with Gasteiger partial charge in [0.25, 0.3) is 0 Å². The van der Waals surface area contributed by atoms with Crippen molar-refractivity contribution in [2.24, 2.45) is 0 Å². The van der Waals surface area contributed by atoms with Crippen molar-refractivity contribution >= 4 is 11.8 Å². The third-order valence-electron chi connectivity index (χ3n) is 5.37. The Morgan fingerprint density at radius 1 is 0.909 bits per heavy atom. The highest BCUT2D eigenvalue weighted by Gasteiger charge is 2.17. The van der Waals surface area contributed by atoms with Gasteiger partial charge in [0, 0.05) is 12.1 Å². The van der Waals surface area contributed by atoms with Crippen LogP contribution in [0.15, 0.2) is 54.6 Å². The second-order valence-corrected chi connectivity index (χ2v) is 9.34. The van der Waals surface area contributed by atoms with Gasteiger partial charge in [-0.1, -0.05) is 24.3 Å². The minimum absolute atomic E-state index is 0.241. The molecule has 4 nitrogen and oxygen atoms in total. The molecular formula is C28H32FNO3. The van der Waals surface area contributed by atoms with Crippen LogP contribution in [-0.2, 0) is 17.6 Å². The zero-order valence-electron chi connectivity index (χ0n) is 20.2. The minimum atomic E-state index is -0.548. The highest BCUT2D eigenvalue weighted by atomic mass is 19.1. The van der Waals surface area contributed by atoms with Crippen molar-refractivity contribution < 1.29 is 18.7 Å². The first kappa shape index (κ1) is 24.3. The number of halogens is 1. The van der Waals surface area contributed by atoms with Crippen LogP contribution in [0.5, 0.6) is 5.75 Å². The molecule has 0 atom stereocenters. The number of hydrogen-bond donors (Lipinski definition) is 1. The summed E-state index contributed by atoms with van der Waals surface area (Å²) in [7, 11) is 1.66. The van der Waals surface area contributed by atoms with Crippen LogP contribution in [0.3, 0.4) is 0 Å². The van der Waals surface area contributed by atoms with Gasteiger partial charge in [0.05, 0.1) is 7.11 Å². The van der Waals surface area contributed by atoms with E-state index in [1.807, 2.05) is 52.8 Å². The SMILES string of the molecule is COc1ccc(Cc2c(C)cc(NC(=O)OC(C)(C)C)cc2C)cc1Cc1ccc(F)cc1. The van der Waals surface area contributed by atoms with Crippen molar-refractivity contribution in [1.82, 2.24) is 0 Å². The van der Waals surface area contributed by atoms with Crippen molar-refractivity contribution in [3.05, 3.63) is 93.8 Å². The van der Waals surface area contributed by atoms with E-state index in [2.05, 4.69) is 17.4 Å². The summed E-state index contributed by atoms with van der Waals surface area (Å²) in [5, 5.41) is 2.82. The molecule has 0 aromatic heterocycles. The molecule has 0 fully saturated rings. The van der Waals surface area contributed by atoms with Crippen LogP contribution in [0.4, 0.5) is 14.9 Å². The Hall–Kier alpha value is -3.34. The lowest BCUT2D eigenvalue weighted by Gasteiger charge is -2.20. The fraction of sp³-hybridized carbons (Fsp3) is 0.321. The van der Waals surface area contributed by atoms with E-state index in [0.717, 1.165) is 45.7 Å². The lowest BCUT2D eigenvalue weighted by molar-refractivity contribution is 0.0636. The maximum atomic E-state index is 13.3. The molecule has 1 N–H and O–H groups in total. The number of carbonyl (C=O) groups excluding carboxylic acids is 1. The maximum absolute atomic E-state index is 13.3. The number of nitrogens with one attached hydrogen (secondary N) is 1. The number of rotatable bonds is 6. The highest BCUT2D eigenvalue weighted by molar-refractivity contribution is 5.85. The number of methoxy groups -OCH3 is 1. The number of aryl methyl sites for hydroxylation is 2. The molecule has 0 saturated heterocycles. The first-order chi connectivity index (χ1) is 15.5. The lowest BCUT2D eigenvalue weighted by atomic mass is 9.93. The molecule has 0 bridgehead atoms. The summed E-state index contributed by atoms with van der Waals surface area (Å²) in [4.78, 5) is 12.1. The molecule has 3 aromatic carbocycles. The molecule has 0 aliphatic heterocycles. The van der Waals surface area contributed by atoms with Gasteiger partial charge in [0.15, 0.2) is 0 Å². The monoisotopic (exact) mass is 449 g/mol. The molecule has 0 saturated carbocycles. The van der Waals surface area contributed by atoms with Gasteiger partial charge in [0.1, 0.15) is 17.2 Å². The molecule has 0 unspecified atom stereocenters. The predicted molar refractivity (Wildman–Crippen MR) is 131 cm³/mol. The van der Waals surface area contributed by atoms with Crippen LogP contribution < -0.4 is 10.1 Å². The van der Waals surface area contributed by atoms with E-state index in [4.69, 9.17) is 9.47 Å². The average Bonchev–Trinajstić information content (AvgIpc) is 2.71. The number of amides is 1. The van der Waals surface area contributed by atoms with Crippen LogP contribution in [-0.4, -0.2) is 18.8 Å². The smallest absolute Gasteiger partial charge is 0.412 e. The third-order valence-corrected chi connectivity index (χ3v) is 5.37. The van der Waals surface area contributed by atoms with Crippen molar-refractivity contribution in [3.8, 4) is 5.75 Å². The summed E-state index contributed by atoms with van der Waals surface area (Å²) in [6, 6.07) is 16.7. The number of benzene rings is 3. The summed E-state index contributed by atoms with van der Waals surface area (Å²) in [5.74, 6) is 0.573. The molecule has 5 heteroatoms. The molecule has 3 aromatic rings. The number of anilines is 1. The summed E-state index contributed by atoms with van der Waals surface area (Å²) >= 11 is 0. The molecule has 0 heterocycles. The van der Waals surface area contributed by atoms with Crippen molar-refractivity contribution in [2.45, 2.75) is 53.1 Å². The highest BCUT2D eigenvalue weighted by Crippen LogP contribution is 2.27. The van der Waals surface area contributed by atoms with Crippen molar-refractivity contribution in [1.29, 1.82) is 0 Å². The van der Waals surface area contributed by atoms with E-state index < -0.39 is 11.7 Å². The second kappa shape index (κ2) is 10.1. The topological polar surface area (TPSA) is 47.6 Å². The van der Waals surface area contributed by atoms with E-state index in [1.165, 1.54) is 17.7 Å². The fourth-order valence-electron chi connectivity index (χ4n) is 3.87. The molecular weight excluding hydrogens is 417 g/mol. The van der Waals surface area contributed by atoms with Gasteiger partial charge in [0.2, 0.25) is 0 Å². The predicted octanol–water partition coefficient (Wildman–Crippen LogP) is 6.98. The van der Waals surface area contributed by atoms with Gasteiger partial charge in [-0.05, 0) is 105 Å². The van der Waals surface area contributed by atoms with E-state index in [1.54, 1.807) is 19.2 Å². The molecule has 174 valence electrons. The van der Waals surface area contributed by atoms with Gasteiger partial charge in [-0.15, -0.1) is 0 Å². The molecule has 33 heavy (non-hydrogen) atoms. The van der Waals surface area contributed by atoms with Gasteiger partial charge >= 0.3 is 6.09 Å². The zero-order chi connectivity index (χ0) is 24.2. The van der Waals surface area contributed by atoms with Crippen molar-refractivity contribution in [2.75, 3.05) is 12.4 Å². The van der Waals surface area contributed by atoms with E-state index in [-0.39, 0.29) is 5.82 Å². The largest absolute Gasteiger partial charge is 0.496 e. The van der Waals surface area contributed by atoms with Crippen LogP contribution in [0.25, 0.3) is 0 Å². The normalized spacial score (nSPS) is 11.2. The average molecular weight is 450 g/mol. The quantitative estimate of drug-likeness (QED) is 0.442. The summed E-state index contributed by atoms with van der Waals surface area (Å²) in [6.45, 7) is 9.61. The lowest BCUT2D eigenvalue weighted by Crippen LogP contribution is -2.27. The van der Waals surface area contributed by atoms with Crippen LogP contribution in [0.2, 0.25) is 0 Å². The molecule has 1 amide bonds. The third kappa shape index (κ3) is 6.82. The van der Waals surface area contributed by atoms with Crippen molar-refractivity contribution in [3.63, 3.8) is 0 Å². The maximum Gasteiger partial charge on any atom is 0.412 e. The van der Waals surface area contributed by atoms with E-state index >= 15 is 0 Å². The number of ether oxygens (including phenoxy) is 2. The molecule has 0 radical (unpaired) electrons. The number of carbonyl (C=O) groups is 1. The van der Waals surface area contributed by atoms with Crippen LogP contribution in [0, 0.1) is 19.7 Å². The first-order valence-corrected chi connectivity index (χ1v) is 11.0. The Bertz CT molecular complexity index is 1110. The van der Waals surface area contributed by atoms with Gasteiger partial charge < -0.3 is 9.47 Å². The van der Waals surface area contributed by atoms with E-state index in [0.29, 0.717) is 6.42 Å². The first-order valence-electron chi connectivity index (χ1n) is 11.0. The molecule has 3 rings (SSSR count). The summed E-state index contributed by atoms with van der Waals surface area (Å²) < 4.78 is 24.2.